The van der Waals surface area contributed by atoms with Crippen LogP contribution in [0.2, 0.25) is 0 Å². The summed E-state index contributed by atoms with van der Waals surface area (Å²) in [5.74, 6) is 0.995. The smallest absolute Gasteiger partial charge is 0.193 e. The number of likely N-dealkylation sites (tertiary alicyclic amines) is 2. The van der Waals surface area contributed by atoms with E-state index in [0.29, 0.717) is 0 Å². The predicted octanol–water partition coefficient (Wildman–Crippen LogP) is 3.26. The van der Waals surface area contributed by atoms with Crippen molar-refractivity contribution < 1.29 is 0 Å². The molecule has 0 aromatic heterocycles. The molecule has 28 heavy (non-hydrogen) atoms. The first-order chi connectivity index (χ1) is 13.1. The van der Waals surface area contributed by atoms with Gasteiger partial charge in [-0.1, -0.05) is 36.8 Å². The van der Waals surface area contributed by atoms with Gasteiger partial charge in [-0.05, 0) is 64.5 Å². The largest absolute Gasteiger partial charge is 0.354 e. The maximum atomic E-state index is 4.56. The number of benzene rings is 1. The SMILES string of the molecule is CN=C(NCC1(N2CCCCC2)CCN(C)CC1)N(C)Cc1ccccc1.I. The molecular weight excluding hydrogens is 461 g/mol. The second-order valence-electron chi connectivity index (χ2n) is 8.32. The zero-order valence-electron chi connectivity index (χ0n) is 17.9. The maximum Gasteiger partial charge on any atom is 0.193 e. The number of rotatable bonds is 5. The lowest BCUT2D eigenvalue weighted by atomic mass is 9.84. The quantitative estimate of drug-likeness (QED) is 0.383. The molecule has 1 aromatic rings. The van der Waals surface area contributed by atoms with Gasteiger partial charge < -0.3 is 15.1 Å². The molecule has 0 unspecified atom stereocenters. The van der Waals surface area contributed by atoms with Crippen LogP contribution < -0.4 is 5.32 Å². The first kappa shape index (κ1) is 23.4. The molecule has 0 radical (unpaired) electrons. The maximum absolute atomic E-state index is 4.56. The van der Waals surface area contributed by atoms with Crippen LogP contribution in [0.4, 0.5) is 0 Å². The summed E-state index contributed by atoms with van der Waals surface area (Å²) in [6.45, 7) is 6.76. The molecule has 1 N–H and O–H groups in total. The Labute approximate surface area is 188 Å². The van der Waals surface area contributed by atoms with Crippen molar-refractivity contribution in [3.05, 3.63) is 35.9 Å². The number of nitrogens with zero attached hydrogens (tertiary/aromatic N) is 4. The molecule has 0 bridgehead atoms. The van der Waals surface area contributed by atoms with E-state index in [9.17, 15) is 0 Å². The van der Waals surface area contributed by atoms with Gasteiger partial charge in [0.25, 0.3) is 0 Å². The Balaban J connectivity index is 0.00000280. The van der Waals surface area contributed by atoms with Gasteiger partial charge in [0.05, 0.1) is 0 Å². The van der Waals surface area contributed by atoms with E-state index in [-0.39, 0.29) is 29.5 Å². The third-order valence-electron chi connectivity index (χ3n) is 6.36. The van der Waals surface area contributed by atoms with Gasteiger partial charge in [0.15, 0.2) is 5.96 Å². The number of guanidine groups is 1. The van der Waals surface area contributed by atoms with Crippen molar-refractivity contribution in [1.29, 1.82) is 0 Å². The Morgan fingerprint density at radius 1 is 1.07 bits per heavy atom. The zero-order valence-corrected chi connectivity index (χ0v) is 20.2. The monoisotopic (exact) mass is 499 g/mol. The zero-order chi connectivity index (χ0) is 19.1. The summed E-state index contributed by atoms with van der Waals surface area (Å²) in [4.78, 5) is 12.0. The second kappa shape index (κ2) is 11.4. The first-order valence-corrected chi connectivity index (χ1v) is 10.5. The van der Waals surface area contributed by atoms with E-state index in [2.05, 4.69) is 69.4 Å². The molecule has 2 fully saturated rings. The summed E-state index contributed by atoms with van der Waals surface area (Å²) in [7, 11) is 6.27. The molecule has 0 saturated carbocycles. The fourth-order valence-corrected chi connectivity index (χ4v) is 4.57. The highest BCUT2D eigenvalue weighted by Gasteiger charge is 2.39. The Morgan fingerprint density at radius 3 is 2.32 bits per heavy atom. The van der Waals surface area contributed by atoms with Crippen molar-refractivity contribution in [2.24, 2.45) is 4.99 Å². The summed E-state index contributed by atoms with van der Waals surface area (Å²) >= 11 is 0. The van der Waals surface area contributed by atoms with Crippen molar-refractivity contribution in [3.8, 4) is 0 Å². The molecule has 6 heteroatoms. The highest BCUT2D eigenvalue weighted by molar-refractivity contribution is 14.0. The van der Waals surface area contributed by atoms with Crippen LogP contribution in [0.3, 0.4) is 0 Å². The van der Waals surface area contributed by atoms with Crippen LogP contribution in [0.15, 0.2) is 35.3 Å². The van der Waals surface area contributed by atoms with Crippen LogP contribution in [-0.2, 0) is 6.54 Å². The van der Waals surface area contributed by atoms with Crippen molar-refractivity contribution in [2.75, 3.05) is 53.9 Å². The summed E-state index contributed by atoms with van der Waals surface area (Å²) in [5.41, 5.74) is 1.59. The Hall–Kier alpha value is -0.860. The van der Waals surface area contributed by atoms with Gasteiger partial charge >= 0.3 is 0 Å². The third kappa shape index (κ3) is 6.07. The minimum atomic E-state index is 0. The molecule has 2 aliphatic heterocycles. The van der Waals surface area contributed by atoms with Crippen LogP contribution in [0.5, 0.6) is 0 Å². The first-order valence-electron chi connectivity index (χ1n) is 10.5. The van der Waals surface area contributed by atoms with Gasteiger partial charge in [-0.15, -0.1) is 24.0 Å². The van der Waals surface area contributed by atoms with Crippen molar-refractivity contribution in [2.45, 2.75) is 44.2 Å². The molecule has 5 nitrogen and oxygen atoms in total. The van der Waals surface area contributed by atoms with Crippen molar-refractivity contribution >= 4 is 29.9 Å². The van der Waals surface area contributed by atoms with Crippen LogP contribution in [-0.4, -0.2) is 80.1 Å². The summed E-state index contributed by atoms with van der Waals surface area (Å²) in [6.07, 6.45) is 6.58. The fourth-order valence-electron chi connectivity index (χ4n) is 4.57. The molecule has 0 spiro atoms. The lowest BCUT2D eigenvalue weighted by molar-refractivity contribution is 0.0170. The van der Waals surface area contributed by atoms with Crippen molar-refractivity contribution in [1.82, 2.24) is 20.0 Å². The summed E-state index contributed by atoms with van der Waals surface area (Å²) in [6, 6.07) is 10.6. The molecular formula is C22H38IN5. The molecule has 2 aliphatic rings. The van der Waals surface area contributed by atoms with E-state index in [4.69, 9.17) is 0 Å². The predicted molar refractivity (Wildman–Crippen MR) is 130 cm³/mol. The number of hydrogen-bond donors (Lipinski definition) is 1. The third-order valence-corrected chi connectivity index (χ3v) is 6.36. The number of piperidine rings is 2. The van der Waals surface area contributed by atoms with E-state index >= 15 is 0 Å². The number of aliphatic imine (C=N–C) groups is 1. The molecule has 2 heterocycles. The number of hydrogen-bond acceptors (Lipinski definition) is 3. The van der Waals surface area contributed by atoms with Gasteiger partial charge in [0.2, 0.25) is 0 Å². The Kier molecular flexibility index (Phi) is 9.50. The molecule has 1 aromatic carbocycles. The van der Waals surface area contributed by atoms with Gasteiger partial charge in [-0.25, -0.2) is 0 Å². The topological polar surface area (TPSA) is 34.1 Å². The van der Waals surface area contributed by atoms with Crippen LogP contribution in [0.25, 0.3) is 0 Å². The molecule has 0 amide bonds. The highest BCUT2D eigenvalue weighted by Crippen LogP contribution is 2.30. The van der Waals surface area contributed by atoms with E-state index in [1.54, 1.807) is 0 Å². The van der Waals surface area contributed by atoms with Crippen molar-refractivity contribution in [3.63, 3.8) is 0 Å². The summed E-state index contributed by atoms with van der Waals surface area (Å²) in [5, 5.41) is 3.73. The minimum Gasteiger partial charge on any atom is -0.354 e. The number of halogens is 1. The lowest BCUT2D eigenvalue weighted by Crippen LogP contribution is -2.62. The molecule has 0 aliphatic carbocycles. The van der Waals surface area contributed by atoms with E-state index in [1.165, 1.54) is 63.8 Å². The minimum absolute atomic E-state index is 0. The van der Waals surface area contributed by atoms with Crippen LogP contribution >= 0.6 is 24.0 Å². The van der Waals surface area contributed by atoms with E-state index in [0.717, 1.165) is 19.0 Å². The summed E-state index contributed by atoms with van der Waals surface area (Å²) < 4.78 is 0. The average molecular weight is 499 g/mol. The van der Waals surface area contributed by atoms with E-state index in [1.807, 2.05) is 7.05 Å². The van der Waals surface area contributed by atoms with E-state index < -0.39 is 0 Å². The number of nitrogens with one attached hydrogen (secondary N) is 1. The lowest BCUT2D eigenvalue weighted by Gasteiger charge is -2.50. The second-order valence-corrected chi connectivity index (χ2v) is 8.32. The molecule has 3 rings (SSSR count). The molecule has 2 saturated heterocycles. The van der Waals surface area contributed by atoms with Crippen LogP contribution in [0.1, 0.15) is 37.7 Å². The van der Waals surface area contributed by atoms with Gasteiger partial charge in [-0.2, -0.15) is 0 Å². The van der Waals surface area contributed by atoms with Crippen LogP contribution in [0, 0.1) is 0 Å². The van der Waals surface area contributed by atoms with Gasteiger partial charge in [0, 0.05) is 32.7 Å². The molecule has 0 atom stereocenters. The Morgan fingerprint density at radius 2 is 1.71 bits per heavy atom. The van der Waals surface area contributed by atoms with Gasteiger partial charge in [-0.3, -0.25) is 9.89 Å². The normalized spacial score (nSPS) is 21.0. The average Bonchev–Trinajstić information content (AvgIpc) is 2.71. The highest BCUT2D eigenvalue weighted by atomic mass is 127. The standard InChI is InChI=1S/C22H37N5.HI/c1-23-21(26(3)18-20-10-6-4-7-11-20)24-19-22(12-16-25(2)17-13-22)27-14-8-5-9-15-27;/h4,6-7,10-11H,5,8-9,12-19H2,1-3H3,(H,23,24);1H. The van der Waals surface area contributed by atoms with Gasteiger partial charge in [0.1, 0.15) is 0 Å². The molecule has 158 valence electrons. The fraction of sp³-hybridized carbons (Fsp3) is 0.682. The Bertz CT molecular complexity index is 592.